The summed E-state index contributed by atoms with van der Waals surface area (Å²) in [5.74, 6) is 0.849. The summed E-state index contributed by atoms with van der Waals surface area (Å²) < 4.78 is 0. The molecule has 2 atom stereocenters. The summed E-state index contributed by atoms with van der Waals surface area (Å²) >= 11 is 0. The number of carbonyl (C=O) groups is 1. The minimum atomic E-state index is 0.175. The van der Waals surface area contributed by atoms with Crippen LogP contribution >= 0.6 is 0 Å². The molecule has 1 N–H and O–H groups in total. The Balaban J connectivity index is 2.04. The molecule has 2 rings (SSSR count). The van der Waals surface area contributed by atoms with Crippen molar-refractivity contribution >= 4 is 5.91 Å². The van der Waals surface area contributed by atoms with E-state index in [-0.39, 0.29) is 11.8 Å². The van der Waals surface area contributed by atoms with Crippen LogP contribution in [0.1, 0.15) is 17.9 Å². The van der Waals surface area contributed by atoms with Gasteiger partial charge in [-0.3, -0.25) is 4.79 Å². The van der Waals surface area contributed by atoms with Gasteiger partial charge in [0.25, 0.3) is 0 Å². The second kappa shape index (κ2) is 3.21. The molecule has 0 bridgehead atoms. The molecule has 1 fully saturated rings. The fourth-order valence-electron chi connectivity index (χ4n) is 1.74. The lowest BCUT2D eigenvalue weighted by molar-refractivity contribution is -0.121. The third-order valence-corrected chi connectivity index (χ3v) is 2.60. The van der Waals surface area contributed by atoms with E-state index < -0.39 is 0 Å². The van der Waals surface area contributed by atoms with E-state index in [4.69, 9.17) is 0 Å². The van der Waals surface area contributed by atoms with Crippen molar-refractivity contribution in [1.29, 1.82) is 0 Å². The van der Waals surface area contributed by atoms with Gasteiger partial charge in [0.15, 0.2) is 0 Å². The van der Waals surface area contributed by atoms with Crippen LogP contribution in [0, 0.1) is 5.92 Å². The van der Waals surface area contributed by atoms with Crippen LogP contribution in [-0.2, 0) is 4.79 Å². The largest absolute Gasteiger partial charge is 0.359 e. The van der Waals surface area contributed by atoms with Gasteiger partial charge in [0.1, 0.15) is 0 Å². The van der Waals surface area contributed by atoms with Crippen LogP contribution in [0.3, 0.4) is 0 Å². The van der Waals surface area contributed by atoms with Gasteiger partial charge in [0.2, 0.25) is 5.91 Å². The molecule has 0 heterocycles. The van der Waals surface area contributed by atoms with E-state index in [1.54, 1.807) is 7.05 Å². The molecule has 0 radical (unpaired) electrons. The highest BCUT2D eigenvalue weighted by atomic mass is 16.1. The molecule has 1 aliphatic rings. The van der Waals surface area contributed by atoms with Crippen LogP contribution in [0.5, 0.6) is 0 Å². The summed E-state index contributed by atoms with van der Waals surface area (Å²) in [6, 6.07) is 10.2. The number of benzene rings is 1. The maximum absolute atomic E-state index is 11.2. The van der Waals surface area contributed by atoms with E-state index in [2.05, 4.69) is 17.4 Å². The molecule has 1 aliphatic carbocycles. The van der Waals surface area contributed by atoms with Crippen LogP contribution < -0.4 is 5.32 Å². The summed E-state index contributed by atoms with van der Waals surface area (Å²) in [4.78, 5) is 11.2. The quantitative estimate of drug-likeness (QED) is 0.725. The van der Waals surface area contributed by atoms with Gasteiger partial charge in [-0.25, -0.2) is 0 Å². The first-order valence-corrected chi connectivity index (χ1v) is 4.59. The van der Waals surface area contributed by atoms with Crippen LogP contribution in [0.15, 0.2) is 30.3 Å². The van der Waals surface area contributed by atoms with E-state index in [0.29, 0.717) is 5.92 Å². The van der Waals surface area contributed by atoms with Gasteiger partial charge in [-0.15, -0.1) is 0 Å². The summed E-state index contributed by atoms with van der Waals surface area (Å²) in [6.45, 7) is 0. The van der Waals surface area contributed by atoms with Crippen LogP contribution in [-0.4, -0.2) is 13.0 Å². The lowest BCUT2D eigenvalue weighted by Crippen LogP contribution is -2.20. The molecule has 68 valence electrons. The Morgan fingerprint density at radius 3 is 2.69 bits per heavy atom. The molecular weight excluding hydrogens is 162 g/mol. The van der Waals surface area contributed by atoms with E-state index in [1.807, 2.05) is 18.2 Å². The Hall–Kier alpha value is -1.31. The fraction of sp³-hybridized carbons (Fsp3) is 0.364. The first-order valence-electron chi connectivity index (χ1n) is 4.59. The highest BCUT2D eigenvalue weighted by Gasteiger charge is 2.43. The number of hydrogen-bond donors (Lipinski definition) is 1. The van der Waals surface area contributed by atoms with E-state index in [9.17, 15) is 4.79 Å². The second-order valence-corrected chi connectivity index (χ2v) is 3.47. The lowest BCUT2D eigenvalue weighted by atomic mass is 10.1. The Morgan fingerprint density at radius 2 is 2.08 bits per heavy atom. The highest BCUT2D eigenvalue weighted by Crippen LogP contribution is 2.47. The monoisotopic (exact) mass is 175 g/mol. The van der Waals surface area contributed by atoms with Gasteiger partial charge in [-0.2, -0.15) is 0 Å². The third-order valence-electron chi connectivity index (χ3n) is 2.60. The Morgan fingerprint density at radius 1 is 1.38 bits per heavy atom. The highest BCUT2D eigenvalue weighted by molar-refractivity contribution is 5.82. The van der Waals surface area contributed by atoms with Gasteiger partial charge in [-0.1, -0.05) is 30.3 Å². The zero-order chi connectivity index (χ0) is 9.26. The molecule has 0 saturated heterocycles. The molecule has 1 saturated carbocycles. The minimum Gasteiger partial charge on any atom is -0.359 e. The first kappa shape index (κ1) is 8.30. The number of carbonyl (C=O) groups excluding carboxylic acids is 1. The Bertz CT molecular complexity index is 307. The van der Waals surface area contributed by atoms with Crippen LogP contribution in [0.25, 0.3) is 0 Å². The predicted molar refractivity (Wildman–Crippen MR) is 51.4 cm³/mol. The number of amides is 1. The topological polar surface area (TPSA) is 29.1 Å². The normalized spacial score (nSPS) is 25.3. The maximum atomic E-state index is 11.2. The van der Waals surface area contributed by atoms with Gasteiger partial charge < -0.3 is 5.32 Å². The molecule has 1 aromatic rings. The summed E-state index contributed by atoms with van der Waals surface area (Å²) in [5.41, 5.74) is 1.29. The average Bonchev–Trinajstić information content (AvgIpc) is 2.98. The zero-order valence-electron chi connectivity index (χ0n) is 7.66. The molecule has 1 amide bonds. The molecular formula is C11H13NO. The fourth-order valence-corrected chi connectivity index (χ4v) is 1.74. The summed E-state index contributed by atoms with van der Waals surface area (Å²) in [6.07, 6.45) is 1.00. The van der Waals surface area contributed by atoms with Crippen LogP contribution in [0.4, 0.5) is 0 Å². The van der Waals surface area contributed by atoms with Crippen molar-refractivity contribution in [3.8, 4) is 0 Å². The first-order chi connectivity index (χ1) is 6.33. The molecule has 2 heteroatoms. The predicted octanol–water partition coefficient (Wildman–Crippen LogP) is 1.54. The molecule has 0 aliphatic heterocycles. The van der Waals surface area contributed by atoms with Gasteiger partial charge in [0, 0.05) is 13.0 Å². The Labute approximate surface area is 78.0 Å². The van der Waals surface area contributed by atoms with E-state index >= 15 is 0 Å². The zero-order valence-corrected chi connectivity index (χ0v) is 7.66. The van der Waals surface area contributed by atoms with Crippen molar-refractivity contribution in [3.05, 3.63) is 35.9 Å². The van der Waals surface area contributed by atoms with Crippen LogP contribution in [0.2, 0.25) is 0 Å². The van der Waals surface area contributed by atoms with Crippen molar-refractivity contribution in [2.24, 2.45) is 5.92 Å². The lowest BCUT2D eigenvalue weighted by Gasteiger charge is -1.98. The van der Waals surface area contributed by atoms with Crippen molar-refractivity contribution in [2.45, 2.75) is 12.3 Å². The summed E-state index contributed by atoms with van der Waals surface area (Å²) in [5, 5.41) is 2.69. The molecule has 13 heavy (non-hydrogen) atoms. The SMILES string of the molecule is CNC(=O)[C@H]1C[C@H]1c1ccccc1. The van der Waals surface area contributed by atoms with Gasteiger partial charge >= 0.3 is 0 Å². The van der Waals surface area contributed by atoms with Crippen molar-refractivity contribution in [1.82, 2.24) is 5.32 Å². The molecule has 0 aromatic heterocycles. The molecule has 2 nitrogen and oxygen atoms in total. The van der Waals surface area contributed by atoms with Gasteiger partial charge in [0.05, 0.1) is 0 Å². The smallest absolute Gasteiger partial charge is 0.223 e. The molecule has 1 aromatic carbocycles. The number of rotatable bonds is 2. The second-order valence-electron chi connectivity index (χ2n) is 3.47. The number of hydrogen-bond acceptors (Lipinski definition) is 1. The van der Waals surface area contributed by atoms with Crippen molar-refractivity contribution in [2.75, 3.05) is 7.05 Å². The van der Waals surface area contributed by atoms with Gasteiger partial charge in [-0.05, 0) is 17.9 Å². The average molecular weight is 175 g/mol. The minimum absolute atomic E-state index is 0.175. The molecule has 0 spiro atoms. The summed E-state index contributed by atoms with van der Waals surface area (Å²) in [7, 11) is 1.70. The van der Waals surface area contributed by atoms with Crippen molar-refractivity contribution < 1.29 is 4.79 Å². The Kier molecular flexibility index (Phi) is 2.05. The third kappa shape index (κ3) is 1.57. The van der Waals surface area contributed by atoms with E-state index in [0.717, 1.165) is 6.42 Å². The van der Waals surface area contributed by atoms with Crippen molar-refractivity contribution in [3.63, 3.8) is 0 Å². The number of nitrogens with one attached hydrogen (secondary N) is 1. The maximum Gasteiger partial charge on any atom is 0.223 e. The standard InChI is InChI=1S/C11H13NO/c1-12-11(13)10-7-9(10)8-5-3-2-4-6-8/h2-6,9-10H,7H2,1H3,(H,12,13)/t9-,10-/m0/s1. The van der Waals surface area contributed by atoms with E-state index in [1.165, 1.54) is 5.56 Å². The molecule has 0 unspecified atom stereocenters.